The third kappa shape index (κ3) is 2.41. The fourth-order valence-corrected chi connectivity index (χ4v) is 2.00. The summed E-state index contributed by atoms with van der Waals surface area (Å²) in [5, 5.41) is 4.19. The molecule has 0 bridgehead atoms. The Morgan fingerprint density at radius 3 is 2.75 bits per heavy atom. The van der Waals surface area contributed by atoms with Crippen molar-refractivity contribution in [2.45, 2.75) is 0 Å². The lowest BCUT2D eigenvalue weighted by Crippen LogP contribution is -2.12. The molecule has 2 aromatic heterocycles. The highest BCUT2D eigenvalue weighted by molar-refractivity contribution is 7.80. The number of nitrogens with two attached hydrogens (primary N) is 1. The van der Waals surface area contributed by atoms with E-state index in [-0.39, 0.29) is 4.99 Å². The molecule has 0 saturated heterocycles. The Morgan fingerprint density at radius 2 is 1.90 bits per heavy atom. The molecule has 3 aromatic rings. The van der Waals surface area contributed by atoms with Crippen LogP contribution in [0.3, 0.4) is 0 Å². The zero-order valence-corrected chi connectivity index (χ0v) is 11.3. The van der Waals surface area contributed by atoms with Gasteiger partial charge in [0.1, 0.15) is 10.7 Å². The normalized spacial score (nSPS) is 10.4. The smallest absolute Gasteiger partial charge is 0.227 e. The number of anilines is 2. The molecule has 5 nitrogen and oxygen atoms in total. The lowest BCUT2D eigenvalue weighted by molar-refractivity contribution is 1.15. The second-order valence-corrected chi connectivity index (χ2v) is 4.58. The minimum absolute atomic E-state index is 0.242. The van der Waals surface area contributed by atoms with E-state index in [1.807, 2.05) is 30.3 Å². The molecule has 0 aliphatic heterocycles. The highest BCUT2D eigenvalue weighted by Crippen LogP contribution is 2.22. The maximum atomic E-state index is 5.57. The third-order valence-corrected chi connectivity index (χ3v) is 3.00. The number of benzene rings is 1. The number of pyridine rings is 1. The Kier molecular flexibility index (Phi) is 3.22. The van der Waals surface area contributed by atoms with Crippen molar-refractivity contribution in [3.05, 3.63) is 54.5 Å². The molecule has 98 valence electrons. The van der Waals surface area contributed by atoms with Crippen molar-refractivity contribution in [1.82, 2.24) is 15.0 Å². The lowest BCUT2D eigenvalue weighted by Gasteiger charge is -2.08. The van der Waals surface area contributed by atoms with Crippen LogP contribution in [-0.4, -0.2) is 19.9 Å². The monoisotopic (exact) mass is 281 g/mol. The minimum Gasteiger partial charge on any atom is -0.388 e. The number of hydrogen-bond acceptors (Lipinski definition) is 5. The minimum atomic E-state index is 0.242. The Labute approximate surface area is 120 Å². The standard InChI is InChI=1S/C14H11N5S/c15-13(20)11-6-8-17-14(19-11)18-10-5-1-3-9-4-2-7-16-12(9)10/h1-8H,(H2,15,20)(H,17,18,19). The fourth-order valence-electron chi connectivity index (χ4n) is 1.88. The Morgan fingerprint density at radius 1 is 1.05 bits per heavy atom. The molecule has 0 saturated carbocycles. The van der Waals surface area contributed by atoms with E-state index in [4.69, 9.17) is 18.0 Å². The molecule has 3 N–H and O–H groups in total. The first-order chi connectivity index (χ1) is 9.74. The van der Waals surface area contributed by atoms with Crippen molar-refractivity contribution in [1.29, 1.82) is 0 Å². The van der Waals surface area contributed by atoms with Gasteiger partial charge >= 0.3 is 0 Å². The maximum Gasteiger partial charge on any atom is 0.227 e. The number of rotatable bonds is 3. The van der Waals surface area contributed by atoms with Crippen molar-refractivity contribution in [3.8, 4) is 0 Å². The number of nitrogens with one attached hydrogen (secondary N) is 1. The molecule has 1 aromatic carbocycles. The number of thiocarbonyl (C=S) groups is 1. The van der Waals surface area contributed by atoms with Gasteiger partial charge in [-0.15, -0.1) is 0 Å². The molecule has 3 rings (SSSR count). The van der Waals surface area contributed by atoms with E-state index in [9.17, 15) is 0 Å². The van der Waals surface area contributed by atoms with Crippen LogP contribution in [0.2, 0.25) is 0 Å². The summed E-state index contributed by atoms with van der Waals surface area (Å²) >= 11 is 4.91. The van der Waals surface area contributed by atoms with Crippen LogP contribution in [-0.2, 0) is 0 Å². The molecule has 0 atom stereocenters. The number of para-hydroxylation sites is 1. The summed E-state index contributed by atoms with van der Waals surface area (Å²) in [6, 6.07) is 11.4. The van der Waals surface area contributed by atoms with E-state index in [1.165, 1.54) is 0 Å². The molecule has 0 spiro atoms. The van der Waals surface area contributed by atoms with Gasteiger partial charge in [0.15, 0.2) is 0 Å². The van der Waals surface area contributed by atoms with Gasteiger partial charge in [-0.2, -0.15) is 0 Å². The quantitative estimate of drug-likeness (QED) is 0.718. The van der Waals surface area contributed by atoms with E-state index in [0.29, 0.717) is 11.6 Å². The summed E-state index contributed by atoms with van der Waals surface area (Å²) in [4.78, 5) is 13.0. The lowest BCUT2D eigenvalue weighted by atomic mass is 10.2. The number of nitrogens with zero attached hydrogens (tertiary/aromatic N) is 3. The summed E-state index contributed by atoms with van der Waals surface area (Å²) in [6.45, 7) is 0. The molecule has 20 heavy (non-hydrogen) atoms. The van der Waals surface area contributed by atoms with Crippen molar-refractivity contribution in [2.24, 2.45) is 5.73 Å². The van der Waals surface area contributed by atoms with Crippen LogP contribution in [0, 0.1) is 0 Å². The SMILES string of the molecule is NC(=S)c1ccnc(Nc2cccc3cccnc23)n1. The van der Waals surface area contributed by atoms with Gasteiger partial charge in [-0.05, 0) is 18.2 Å². The molecular weight excluding hydrogens is 270 g/mol. The second-order valence-electron chi connectivity index (χ2n) is 4.14. The van der Waals surface area contributed by atoms with Crippen LogP contribution >= 0.6 is 12.2 Å². The average Bonchev–Trinajstić information content (AvgIpc) is 2.48. The van der Waals surface area contributed by atoms with Gasteiger partial charge in [0.2, 0.25) is 5.95 Å². The van der Waals surface area contributed by atoms with Crippen molar-refractivity contribution in [3.63, 3.8) is 0 Å². The summed E-state index contributed by atoms with van der Waals surface area (Å²) in [6.07, 6.45) is 3.36. The Bertz CT molecular complexity index is 782. The first-order valence-electron chi connectivity index (χ1n) is 5.97. The van der Waals surface area contributed by atoms with E-state index >= 15 is 0 Å². The summed E-state index contributed by atoms with van der Waals surface area (Å²) in [7, 11) is 0. The highest BCUT2D eigenvalue weighted by Gasteiger charge is 2.05. The fraction of sp³-hybridized carbons (Fsp3) is 0. The summed E-state index contributed by atoms with van der Waals surface area (Å²) < 4.78 is 0. The number of fused-ring (bicyclic) bond motifs is 1. The van der Waals surface area contributed by atoms with Crippen LogP contribution in [0.25, 0.3) is 10.9 Å². The van der Waals surface area contributed by atoms with Gasteiger partial charge in [0, 0.05) is 17.8 Å². The molecule has 6 heteroatoms. The molecule has 0 radical (unpaired) electrons. The van der Waals surface area contributed by atoms with Gasteiger partial charge < -0.3 is 11.1 Å². The summed E-state index contributed by atoms with van der Waals surface area (Å²) in [5.41, 5.74) is 7.80. The van der Waals surface area contributed by atoms with Gasteiger partial charge in [0.25, 0.3) is 0 Å². The first kappa shape index (κ1) is 12.4. The first-order valence-corrected chi connectivity index (χ1v) is 6.38. The van der Waals surface area contributed by atoms with Gasteiger partial charge in [-0.25, -0.2) is 9.97 Å². The van der Waals surface area contributed by atoms with Crippen molar-refractivity contribution < 1.29 is 0 Å². The average molecular weight is 281 g/mol. The largest absolute Gasteiger partial charge is 0.388 e. The van der Waals surface area contributed by atoms with E-state index in [0.717, 1.165) is 16.6 Å². The number of hydrogen-bond donors (Lipinski definition) is 2. The van der Waals surface area contributed by atoms with Crippen LogP contribution in [0.1, 0.15) is 5.69 Å². The predicted octanol–water partition coefficient (Wildman–Crippen LogP) is 2.40. The third-order valence-electron chi connectivity index (χ3n) is 2.79. The molecule has 0 unspecified atom stereocenters. The van der Waals surface area contributed by atoms with E-state index < -0.39 is 0 Å². The van der Waals surface area contributed by atoms with Crippen molar-refractivity contribution in [2.75, 3.05) is 5.32 Å². The zero-order valence-electron chi connectivity index (χ0n) is 10.4. The van der Waals surface area contributed by atoms with Crippen LogP contribution < -0.4 is 11.1 Å². The molecule has 0 fully saturated rings. The van der Waals surface area contributed by atoms with Gasteiger partial charge in [-0.3, -0.25) is 4.98 Å². The van der Waals surface area contributed by atoms with Crippen molar-refractivity contribution >= 4 is 39.7 Å². The molecule has 0 amide bonds. The van der Waals surface area contributed by atoms with Crippen LogP contribution in [0.5, 0.6) is 0 Å². The van der Waals surface area contributed by atoms with Crippen LogP contribution in [0.4, 0.5) is 11.6 Å². The summed E-state index contributed by atoms with van der Waals surface area (Å²) in [5.74, 6) is 0.438. The maximum absolute atomic E-state index is 5.57. The van der Waals surface area contributed by atoms with Gasteiger partial charge in [-0.1, -0.05) is 30.4 Å². The Balaban J connectivity index is 2.01. The van der Waals surface area contributed by atoms with E-state index in [2.05, 4.69) is 20.3 Å². The van der Waals surface area contributed by atoms with Gasteiger partial charge in [0.05, 0.1) is 11.2 Å². The highest BCUT2D eigenvalue weighted by atomic mass is 32.1. The van der Waals surface area contributed by atoms with Crippen LogP contribution in [0.15, 0.2) is 48.8 Å². The zero-order chi connectivity index (χ0) is 13.9. The molecule has 2 heterocycles. The predicted molar refractivity (Wildman–Crippen MR) is 82.9 cm³/mol. The van der Waals surface area contributed by atoms with E-state index in [1.54, 1.807) is 18.5 Å². The molecule has 0 aliphatic rings. The molecular formula is C14H11N5S. The topological polar surface area (TPSA) is 76.7 Å². The number of aromatic nitrogens is 3. The second kappa shape index (κ2) is 5.18. The molecule has 0 aliphatic carbocycles. The Hall–Kier alpha value is -2.60.